The monoisotopic (exact) mass is 639 g/mol. The second kappa shape index (κ2) is 13.3. The Bertz CT molecular complexity index is 1450. The van der Waals surface area contributed by atoms with Crippen molar-refractivity contribution in [3.63, 3.8) is 0 Å². The molecule has 0 radical (unpaired) electrons. The van der Waals surface area contributed by atoms with E-state index in [4.69, 9.17) is 14.2 Å². The number of hydrogen-bond donors (Lipinski definition) is 2. The van der Waals surface area contributed by atoms with Crippen molar-refractivity contribution in [3.05, 3.63) is 36.5 Å². The van der Waals surface area contributed by atoms with Crippen LogP contribution >= 0.6 is 0 Å². The molecule has 2 fully saturated rings. The number of urea groups is 1. The maximum Gasteiger partial charge on any atom is 0.423 e. The lowest BCUT2D eigenvalue weighted by molar-refractivity contribution is -0.162. The van der Waals surface area contributed by atoms with E-state index in [1.54, 1.807) is 6.92 Å². The van der Waals surface area contributed by atoms with Gasteiger partial charge in [0, 0.05) is 36.2 Å². The maximum absolute atomic E-state index is 13.6. The van der Waals surface area contributed by atoms with E-state index in [1.807, 2.05) is 0 Å². The third-order valence-electron chi connectivity index (χ3n) is 7.23. The number of ether oxygens (including phenoxy) is 3. The number of carbonyl (C=O) groups excluding carboxylic acids is 1. The number of anilines is 2. The molecule has 2 N–H and O–H groups in total. The fraction of sp³-hybridized carbons (Fsp3) is 0.519. The normalized spacial score (nSPS) is 19.4. The van der Waals surface area contributed by atoms with Gasteiger partial charge in [0.15, 0.2) is 11.4 Å². The van der Waals surface area contributed by atoms with Crippen molar-refractivity contribution in [2.75, 3.05) is 37.1 Å². The summed E-state index contributed by atoms with van der Waals surface area (Å²) in [5.74, 6) is -0.483. The van der Waals surface area contributed by atoms with Crippen LogP contribution in [0.3, 0.4) is 0 Å². The third-order valence-corrected chi connectivity index (χ3v) is 7.23. The standard InChI is InChI=1S/C27H30F5N9O4/c1-26(13-44-14-26)45-22-18(27(30,31)32)9-35-23(40-22)39-16-3-5-17(6-4-16)41(25(42)38-11-20(28)29)21-12-33-19(10-34-21)15-7-36-24(43-2)37-8-15/h7-10,12,16-17,20H,3-6,11,13-14H2,1-2H3,(H,38,42)(H,35,39,40)/t16-,17-. The first kappa shape index (κ1) is 31.9. The van der Waals surface area contributed by atoms with Crippen LogP contribution in [0.2, 0.25) is 0 Å². The lowest BCUT2D eigenvalue weighted by atomic mass is 9.90. The summed E-state index contributed by atoms with van der Waals surface area (Å²) in [4.78, 5) is 39.0. The Kier molecular flexibility index (Phi) is 9.40. The molecule has 1 saturated carbocycles. The topological polar surface area (TPSA) is 149 Å². The molecular formula is C27H30F5N9O4. The van der Waals surface area contributed by atoms with Crippen molar-refractivity contribution < 1.29 is 41.0 Å². The summed E-state index contributed by atoms with van der Waals surface area (Å²) in [5.41, 5.74) is -1.06. The minimum atomic E-state index is -4.72. The lowest BCUT2D eigenvalue weighted by Gasteiger charge is -2.38. The smallest absolute Gasteiger partial charge is 0.423 e. The van der Waals surface area contributed by atoms with Gasteiger partial charge in [-0.2, -0.15) is 18.2 Å². The zero-order valence-electron chi connectivity index (χ0n) is 24.2. The van der Waals surface area contributed by atoms with Crippen molar-refractivity contribution in [3.8, 4) is 23.1 Å². The van der Waals surface area contributed by atoms with Gasteiger partial charge in [-0.25, -0.2) is 33.5 Å². The molecule has 13 nitrogen and oxygen atoms in total. The molecule has 0 aromatic carbocycles. The van der Waals surface area contributed by atoms with Crippen LogP contribution in [0, 0.1) is 0 Å². The Morgan fingerprint density at radius 3 is 2.31 bits per heavy atom. The van der Waals surface area contributed by atoms with E-state index in [0.717, 1.165) is 0 Å². The molecule has 4 heterocycles. The fourth-order valence-corrected chi connectivity index (χ4v) is 4.91. The van der Waals surface area contributed by atoms with Crippen LogP contribution in [0.4, 0.5) is 38.5 Å². The average Bonchev–Trinajstić information content (AvgIpc) is 3.00. The molecule has 1 aliphatic carbocycles. The van der Waals surface area contributed by atoms with Gasteiger partial charge >= 0.3 is 18.2 Å². The molecule has 1 aliphatic heterocycles. The molecule has 242 valence electrons. The first-order chi connectivity index (χ1) is 21.4. The van der Waals surface area contributed by atoms with Gasteiger partial charge in [0.2, 0.25) is 11.8 Å². The minimum absolute atomic E-state index is 0.0409. The van der Waals surface area contributed by atoms with Crippen molar-refractivity contribution in [1.82, 2.24) is 35.2 Å². The van der Waals surface area contributed by atoms with Gasteiger partial charge in [-0.3, -0.25) is 9.88 Å². The van der Waals surface area contributed by atoms with Gasteiger partial charge < -0.3 is 24.8 Å². The molecule has 3 aromatic heterocycles. The first-order valence-corrected chi connectivity index (χ1v) is 14.0. The summed E-state index contributed by atoms with van der Waals surface area (Å²) in [6, 6.07) is -1.27. The number of carbonyl (C=O) groups is 1. The van der Waals surface area contributed by atoms with Gasteiger partial charge in [-0.1, -0.05) is 0 Å². The van der Waals surface area contributed by atoms with E-state index in [0.29, 0.717) is 43.1 Å². The van der Waals surface area contributed by atoms with Crippen LogP contribution in [0.15, 0.2) is 31.0 Å². The Morgan fingerprint density at radius 1 is 1.04 bits per heavy atom. The number of amides is 2. The summed E-state index contributed by atoms with van der Waals surface area (Å²) in [6.45, 7) is 1.04. The second-order valence-electron chi connectivity index (χ2n) is 10.8. The predicted molar refractivity (Wildman–Crippen MR) is 148 cm³/mol. The molecule has 2 amide bonds. The molecule has 5 rings (SSSR count). The highest BCUT2D eigenvalue weighted by atomic mass is 19.4. The molecule has 45 heavy (non-hydrogen) atoms. The number of nitrogens with zero attached hydrogens (tertiary/aromatic N) is 7. The van der Waals surface area contributed by atoms with E-state index in [9.17, 15) is 26.7 Å². The van der Waals surface area contributed by atoms with E-state index in [2.05, 4.69) is 40.5 Å². The lowest BCUT2D eigenvalue weighted by Crippen LogP contribution is -2.52. The van der Waals surface area contributed by atoms with Crippen molar-refractivity contribution >= 4 is 17.8 Å². The zero-order chi connectivity index (χ0) is 32.2. The number of aromatic nitrogens is 6. The molecule has 2 aliphatic rings. The Morgan fingerprint density at radius 2 is 1.76 bits per heavy atom. The summed E-state index contributed by atoms with van der Waals surface area (Å²) in [6.07, 6.45) is 0.715. The summed E-state index contributed by atoms with van der Waals surface area (Å²) >= 11 is 0. The van der Waals surface area contributed by atoms with Gasteiger partial charge in [-0.05, 0) is 32.6 Å². The molecule has 0 atom stereocenters. The highest BCUT2D eigenvalue weighted by molar-refractivity contribution is 5.91. The Balaban J connectivity index is 1.28. The van der Waals surface area contributed by atoms with E-state index in [1.165, 1.54) is 36.8 Å². The average molecular weight is 640 g/mol. The van der Waals surface area contributed by atoms with Crippen LogP contribution in [0.25, 0.3) is 11.3 Å². The van der Waals surface area contributed by atoms with Crippen LogP contribution in [0.1, 0.15) is 38.2 Å². The minimum Gasteiger partial charge on any atom is -0.467 e. The van der Waals surface area contributed by atoms with E-state index in [-0.39, 0.29) is 37.0 Å². The summed E-state index contributed by atoms with van der Waals surface area (Å²) in [7, 11) is 1.43. The predicted octanol–water partition coefficient (Wildman–Crippen LogP) is 4.12. The number of methoxy groups -OCH3 is 1. The summed E-state index contributed by atoms with van der Waals surface area (Å²) in [5, 5.41) is 5.28. The Hall–Kier alpha value is -4.48. The summed E-state index contributed by atoms with van der Waals surface area (Å²) < 4.78 is 82.2. The van der Waals surface area contributed by atoms with Crippen LogP contribution < -0.4 is 25.0 Å². The highest BCUT2D eigenvalue weighted by Crippen LogP contribution is 2.38. The number of nitrogens with one attached hydrogen (secondary N) is 2. The van der Waals surface area contributed by atoms with Crippen molar-refractivity contribution in [2.45, 2.75) is 62.9 Å². The van der Waals surface area contributed by atoms with Gasteiger partial charge in [0.1, 0.15) is 5.56 Å². The number of hydrogen-bond acceptors (Lipinski definition) is 11. The molecular weight excluding hydrogens is 609 g/mol. The van der Waals surface area contributed by atoms with Crippen molar-refractivity contribution in [1.29, 1.82) is 0 Å². The molecule has 18 heteroatoms. The molecule has 3 aromatic rings. The number of rotatable bonds is 10. The fourth-order valence-electron chi connectivity index (χ4n) is 4.91. The van der Waals surface area contributed by atoms with Crippen LogP contribution in [-0.4, -0.2) is 86.9 Å². The highest BCUT2D eigenvalue weighted by Gasteiger charge is 2.42. The molecule has 0 unspecified atom stereocenters. The Labute approximate surface area is 254 Å². The van der Waals surface area contributed by atoms with Crippen LogP contribution in [-0.2, 0) is 10.9 Å². The zero-order valence-corrected chi connectivity index (χ0v) is 24.2. The maximum atomic E-state index is 13.6. The second-order valence-corrected chi connectivity index (χ2v) is 10.8. The van der Waals surface area contributed by atoms with Gasteiger partial charge in [0.05, 0.1) is 45.0 Å². The first-order valence-electron chi connectivity index (χ1n) is 14.0. The van der Waals surface area contributed by atoms with Crippen molar-refractivity contribution in [2.24, 2.45) is 0 Å². The molecule has 1 saturated heterocycles. The van der Waals surface area contributed by atoms with Gasteiger partial charge in [-0.15, -0.1) is 0 Å². The van der Waals surface area contributed by atoms with E-state index >= 15 is 0 Å². The number of halogens is 5. The quantitative estimate of drug-likeness (QED) is 0.309. The van der Waals surface area contributed by atoms with Crippen LogP contribution in [0.5, 0.6) is 11.9 Å². The van der Waals surface area contributed by atoms with Gasteiger partial charge in [0.25, 0.3) is 6.43 Å². The third kappa shape index (κ3) is 7.79. The molecule has 0 bridgehead atoms. The molecule has 0 spiro atoms. The van der Waals surface area contributed by atoms with E-state index < -0.39 is 48.3 Å². The largest absolute Gasteiger partial charge is 0.467 e. The SMILES string of the molecule is COc1ncc(-c2cnc(N(C(=O)NCC(F)F)[C@H]3CC[C@H](Nc4ncc(C(F)(F)F)c(OC5(C)COC5)n4)CC3)cn2)cn1. The number of alkyl halides is 5.